The van der Waals surface area contributed by atoms with Crippen molar-refractivity contribution in [2.24, 2.45) is 11.1 Å². The van der Waals surface area contributed by atoms with Crippen LogP contribution in [0.4, 0.5) is 0 Å². The molecule has 0 bridgehead atoms. The molecule has 0 aromatic heterocycles. The number of amides is 1. The summed E-state index contributed by atoms with van der Waals surface area (Å²) in [6, 6.07) is 0.252. The van der Waals surface area contributed by atoms with Crippen molar-refractivity contribution in [3.8, 4) is 0 Å². The zero-order chi connectivity index (χ0) is 8.60. The smallest absolute Gasteiger partial charge is 0.226 e. The maximum absolute atomic E-state index is 11.5. The van der Waals surface area contributed by atoms with Crippen molar-refractivity contribution in [3.05, 3.63) is 0 Å². The van der Waals surface area contributed by atoms with Crippen LogP contribution in [0, 0.1) is 5.41 Å². The van der Waals surface area contributed by atoms with Crippen molar-refractivity contribution < 1.29 is 4.79 Å². The average Bonchev–Trinajstić information content (AvgIpc) is 2.33. The van der Waals surface area contributed by atoms with E-state index in [2.05, 4.69) is 5.32 Å². The Hall–Kier alpha value is -0.570. The maximum Gasteiger partial charge on any atom is 0.226 e. The first kappa shape index (κ1) is 8.05. The molecule has 1 heterocycles. The first-order chi connectivity index (χ1) is 5.73. The molecule has 1 aliphatic carbocycles. The lowest BCUT2D eigenvalue weighted by Gasteiger charge is -2.33. The van der Waals surface area contributed by atoms with Gasteiger partial charge in [0.25, 0.3) is 0 Å². The Morgan fingerprint density at radius 1 is 1.50 bits per heavy atom. The highest BCUT2D eigenvalue weighted by molar-refractivity contribution is 5.84. The predicted molar refractivity (Wildman–Crippen MR) is 46.5 cm³/mol. The minimum absolute atomic E-state index is 0.0718. The molecule has 1 amide bonds. The van der Waals surface area contributed by atoms with Crippen molar-refractivity contribution in [2.45, 2.75) is 38.1 Å². The molecule has 2 fully saturated rings. The molecule has 68 valence electrons. The number of nitrogens with two attached hydrogens (primary N) is 1. The fourth-order valence-electron chi connectivity index (χ4n) is 2.56. The van der Waals surface area contributed by atoms with E-state index in [4.69, 9.17) is 5.73 Å². The van der Waals surface area contributed by atoms with Gasteiger partial charge in [0.15, 0.2) is 0 Å². The standard InChI is InChI=1S/C9H16N2O/c10-7-2-1-3-9(6-7)4-5-11-8(9)12/h7H,1-6,10H2,(H,11,12)/t7-,9-/m0/s1. The topological polar surface area (TPSA) is 55.1 Å². The summed E-state index contributed by atoms with van der Waals surface area (Å²) >= 11 is 0. The Balaban J connectivity index is 2.13. The molecule has 0 aromatic rings. The Kier molecular flexibility index (Phi) is 1.83. The number of carbonyl (C=O) groups excluding carboxylic acids is 1. The average molecular weight is 168 g/mol. The zero-order valence-electron chi connectivity index (χ0n) is 7.31. The largest absolute Gasteiger partial charge is 0.356 e. The summed E-state index contributed by atoms with van der Waals surface area (Å²) in [6.07, 6.45) is 5.16. The zero-order valence-corrected chi connectivity index (χ0v) is 7.31. The monoisotopic (exact) mass is 168 g/mol. The van der Waals surface area contributed by atoms with E-state index in [0.29, 0.717) is 0 Å². The molecule has 0 unspecified atom stereocenters. The van der Waals surface area contributed by atoms with Gasteiger partial charge in [-0.2, -0.15) is 0 Å². The minimum atomic E-state index is -0.0718. The van der Waals surface area contributed by atoms with Crippen molar-refractivity contribution in [1.82, 2.24) is 5.32 Å². The van der Waals surface area contributed by atoms with Crippen LogP contribution in [0.25, 0.3) is 0 Å². The lowest BCUT2D eigenvalue weighted by Crippen LogP contribution is -2.40. The molecule has 12 heavy (non-hydrogen) atoms. The van der Waals surface area contributed by atoms with Crippen molar-refractivity contribution >= 4 is 5.91 Å². The highest BCUT2D eigenvalue weighted by Gasteiger charge is 2.44. The van der Waals surface area contributed by atoms with Crippen LogP contribution in [-0.2, 0) is 4.79 Å². The Morgan fingerprint density at radius 3 is 2.92 bits per heavy atom. The molecule has 0 aromatic carbocycles. The van der Waals surface area contributed by atoms with Crippen LogP contribution < -0.4 is 11.1 Å². The third kappa shape index (κ3) is 1.12. The fraction of sp³-hybridized carbons (Fsp3) is 0.889. The van der Waals surface area contributed by atoms with E-state index in [1.54, 1.807) is 0 Å². The summed E-state index contributed by atoms with van der Waals surface area (Å²) in [6.45, 7) is 0.853. The minimum Gasteiger partial charge on any atom is -0.356 e. The molecule has 1 spiro atoms. The molecule has 3 N–H and O–H groups in total. The lowest BCUT2D eigenvalue weighted by molar-refractivity contribution is -0.129. The number of carbonyl (C=O) groups is 1. The second-order valence-electron chi connectivity index (χ2n) is 4.14. The maximum atomic E-state index is 11.5. The Morgan fingerprint density at radius 2 is 2.33 bits per heavy atom. The molecule has 1 saturated carbocycles. The van der Waals surface area contributed by atoms with Crippen LogP contribution in [0.5, 0.6) is 0 Å². The van der Waals surface area contributed by atoms with Gasteiger partial charge in [-0.05, 0) is 25.7 Å². The van der Waals surface area contributed by atoms with E-state index in [0.717, 1.165) is 38.6 Å². The molecule has 3 heteroatoms. The molecule has 3 nitrogen and oxygen atoms in total. The summed E-state index contributed by atoms with van der Waals surface area (Å²) < 4.78 is 0. The van der Waals surface area contributed by atoms with Gasteiger partial charge in [0, 0.05) is 12.6 Å². The lowest BCUT2D eigenvalue weighted by atomic mass is 9.71. The highest BCUT2D eigenvalue weighted by atomic mass is 16.2. The number of nitrogens with one attached hydrogen (secondary N) is 1. The van der Waals surface area contributed by atoms with Crippen molar-refractivity contribution in [3.63, 3.8) is 0 Å². The van der Waals surface area contributed by atoms with Crippen LogP contribution in [-0.4, -0.2) is 18.5 Å². The first-order valence-electron chi connectivity index (χ1n) is 4.77. The Bertz CT molecular complexity index is 205. The van der Waals surface area contributed by atoms with Gasteiger partial charge in [-0.15, -0.1) is 0 Å². The van der Waals surface area contributed by atoms with Gasteiger partial charge < -0.3 is 11.1 Å². The van der Waals surface area contributed by atoms with E-state index < -0.39 is 0 Å². The summed E-state index contributed by atoms with van der Waals surface area (Å²) in [4.78, 5) is 11.5. The summed E-state index contributed by atoms with van der Waals surface area (Å²) in [5.41, 5.74) is 5.80. The number of hydrogen-bond acceptors (Lipinski definition) is 2. The predicted octanol–water partition coefficient (Wildman–Crippen LogP) is 0.394. The van der Waals surface area contributed by atoms with E-state index in [1.807, 2.05) is 0 Å². The molecule has 2 rings (SSSR count). The summed E-state index contributed by atoms with van der Waals surface area (Å²) in [7, 11) is 0. The van der Waals surface area contributed by atoms with Crippen molar-refractivity contribution in [1.29, 1.82) is 0 Å². The van der Waals surface area contributed by atoms with Gasteiger partial charge in [0.1, 0.15) is 0 Å². The second kappa shape index (κ2) is 2.73. The van der Waals surface area contributed by atoms with E-state index >= 15 is 0 Å². The van der Waals surface area contributed by atoms with Gasteiger partial charge in [-0.3, -0.25) is 4.79 Å². The molecular weight excluding hydrogens is 152 g/mol. The molecule has 1 aliphatic heterocycles. The van der Waals surface area contributed by atoms with Crippen LogP contribution in [0.3, 0.4) is 0 Å². The van der Waals surface area contributed by atoms with Crippen LogP contribution in [0.1, 0.15) is 32.1 Å². The third-order valence-electron chi connectivity index (χ3n) is 3.25. The van der Waals surface area contributed by atoms with Gasteiger partial charge in [0.2, 0.25) is 5.91 Å². The highest BCUT2D eigenvalue weighted by Crippen LogP contribution is 2.41. The first-order valence-corrected chi connectivity index (χ1v) is 4.77. The second-order valence-corrected chi connectivity index (χ2v) is 4.14. The van der Waals surface area contributed by atoms with Gasteiger partial charge in [0.05, 0.1) is 5.41 Å². The SMILES string of the molecule is N[C@H]1CCC[C@]2(CCNC2=O)C1. The Labute approximate surface area is 72.7 Å². The molecule has 0 radical (unpaired) electrons. The number of rotatable bonds is 0. The number of hydrogen-bond donors (Lipinski definition) is 2. The van der Waals surface area contributed by atoms with Gasteiger partial charge in [-0.25, -0.2) is 0 Å². The van der Waals surface area contributed by atoms with E-state index in [9.17, 15) is 4.79 Å². The summed E-state index contributed by atoms with van der Waals surface area (Å²) in [5.74, 6) is 0.248. The van der Waals surface area contributed by atoms with Gasteiger partial charge >= 0.3 is 0 Å². The third-order valence-corrected chi connectivity index (χ3v) is 3.25. The van der Waals surface area contributed by atoms with Crippen LogP contribution >= 0.6 is 0 Å². The van der Waals surface area contributed by atoms with E-state index in [-0.39, 0.29) is 17.4 Å². The van der Waals surface area contributed by atoms with Crippen molar-refractivity contribution in [2.75, 3.05) is 6.54 Å². The quantitative estimate of drug-likeness (QED) is 0.550. The van der Waals surface area contributed by atoms with Crippen LogP contribution in [0.15, 0.2) is 0 Å². The van der Waals surface area contributed by atoms with E-state index in [1.165, 1.54) is 0 Å². The summed E-state index contributed by atoms with van der Waals surface area (Å²) in [5, 5.41) is 2.91. The van der Waals surface area contributed by atoms with Gasteiger partial charge in [-0.1, -0.05) is 6.42 Å². The molecule has 2 atom stereocenters. The molecule has 2 aliphatic rings. The molecular formula is C9H16N2O. The van der Waals surface area contributed by atoms with Crippen LogP contribution in [0.2, 0.25) is 0 Å². The molecule has 1 saturated heterocycles. The fourth-order valence-corrected chi connectivity index (χ4v) is 2.56. The normalized spacial score (nSPS) is 41.8.